The minimum Gasteiger partial charge on any atom is -0.366 e. The van der Waals surface area contributed by atoms with Gasteiger partial charge in [-0.05, 0) is 38.1 Å². The molecule has 1 atom stereocenters. The molecule has 1 aliphatic rings. The van der Waals surface area contributed by atoms with Crippen molar-refractivity contribution in [3.05, 3.63) is 77.1 Å². The Morgan fingerprint density at radius 3 is 2.75 bits per heavy atom. The third-order valence-electron chi connectivity index (χ3n) is 6.10. The van der Waals surface area contributed by atoms with E-state index in [0.717, 1.165) is 35.6 Å². The first-order chi connectivity index (χ1) is 15.5. The Bertz CT molecular complexity index is 1300. The quantitative estimate of drug-likeness (QED) is 0.508. The third kappa shape index (κ3) is 3.58. The highest BCUT2D eigenvalue weighted by Crippen LogP contribution is 2.28. The van der Waals surface area contributed by atoms with Gasteiger partial charge in [-0.1, -0.05) is 36.4 Å². The molecule has 1 aliphatic heterocycles. The van der Waals surface area contributed by atoms with Crippen LogP contribution in [0.4, 0.5) is 5.82 Å². The third-order valence-corrected chi connectivity index (χ3v) is 6.10. The van der Waals surface area contributed by atoms with Gasteiger partial charge in [0.1, 0.15) is 5.82 Å². The number of likely N-dealkylation sites (N-methyl/N-ethyl adjacent to an activating group) is 1. The lowest BCUT2D eigenvalue weighted by Gasteiger charge is -2.32. The van der Waals surface area contributed by atoms with E-state index >= 15 is 0 Å². The van der Waals surface area contributed by atoms with E-state index in [9.17, 15) is 4.79 Å². The molecule has 1 unspecified atom stereocenters. The van der Waals surface area contributed by atoms with E-state index in [0.29, 0.717) is 29.5 Å². The molecule has 2 aromatic carbocycles. The Morgan fingerprint density at radius 1 is 1.16 bits per heavy atom. The number of rotatable bonds is 5. The van der Waals surface area contributed by atoms with Gasteiger partial charge in [-0.2, -0.15) is 14.8 Å². The molecule has 0 bridgehead atoms. The molecule has 2 aromatic heterocycles. The van der Waals surface area contributed by atoms with Crippen LogP contribution in [-0.2, 0) is 19.5 Å². The standard InChI is InChI=1S/C24H25N7O/c1-15-11-18-20(14-30(15)2)28-24(29-23(18)26-12-16-7-4-3-5-8-16)31-21-10-6-9-17(22(25)32)19(21)13-27-31/h3-10,13,15H,11-12,14H2,1-2H3,(H2,25,32)(H,26,28,29). The second-order valence-electron chi connectivity index (χ2n) is 8.26. The van der Waals surface area contributed by atoms with Crippen LogP contribution in [0.5, 0.6) is 0 Å². The number of fused-ring (bicyclic) bond motifs is 2. The van der Waals surface area contributed by atoms with E-state index in [2.05, 4.69) is 41.4 Å². The van der Waals surface area contributed by atoms with Crippen LogP contribution in [0.25, 0.3) is 16.9 Å². The molecule has 0 fully saturated rings. The molecule has 8 heteroatoms. The van der Waals surface area contributed by atoms with Gasteiger partial charge in [-0.15, -0.1) is 0 Å². The van der Waals surface area contributed by atoms with Crippen LogP contribution in [0, 0.1) is 0 Å². The summed E-state index contributed by atoms with van der Waals surface area (Å²) in [5.74, 6) is 0.810. The number of aromatic nitrogens is 4. The van der Waals surface area contributed by atoms with Gasteiger partial charge < -0.3 is 11.1 Å². The lowest BCUT2D eigenvalue weighted by Crippen LogP contribution is -2.36. The lowest BCUT2D eigenvalue weighted by molar-refractivity contribution is 0.100. The number of nitrogens with one attached hydrogen (secondary N) is 1. The van der Waals surface area contributed by atoms with Gasteiger partial charge >= 0.3 is 0 Å². The normalized spacial score (nSPS) is 16.1. The Balaban J connectivity index is 1.60. The van der Waals surface area contributed by atoms with Gasteiger partial charge in [0.25, 0.3) is 5.95 Å². The number of benzene rings is 2. The van der Waals surface area contributed by atoms with E-state index in [-0.39, 0.29) is 0 Å². The van der Waals surface area contributed by atoms with Crippen molar-refractivity contribution in [1.82, 2.24) is 24.6 Å². The number of carbonyl (C=O) groups is 1. The Hall–Kier alpha value is -3.78. The molecule has 162 valence electrons. The maximum Gasteiger partial charge on any atom is 0.253 e. The van der Waals surface area contributed by atoms with E-state index in [1.54, 1.807) is 23.0 Å². The SMILES string of the molecule is CC1Cc2c(nc(-n3ncc4c(C(N)=O)cccc43)nc2NCc2ccccc2)CN1C. The molecule has 1 amide bonds. The van der Waals surface area contributed by atoms with Crippen LogP contribution in [0.2, 0.25) is 0 Å². The lowest BCUT2D eigenvalue weighted by atomic mass is 9.99. The van der Waals surface area contributed by atoms with Crippen LogP contribution in [0.3, 0.4) is 0 Å². The fourth-order valence-electron chi connectivity index (χ4n) is 4.15. The van der Waals surface area contributed by atoms with Crippen molar-refractivity contribution >= 4 is 22.6 Å². The molecule has 0 saturated carbocycles. The second kappa shape index (κ2) is 8.05. The molecule has 0 spiro atoms. The summed E-state index contributed by atoms with van der Waals surface area (Å²) in [6, 6.07) is 16.0. The zero-order valence-electron chi connectivity index (χ0n) is 18.1. The topological polar surface area (TPSA) is 102 Å². The van der Waals surface area contributed by atoms with E-state index in [1.807, 2.05) is 24.3 Å². The molecule has 5 rings (SSSR count). The van der Waals surface area contributed by atoms with Crippen molar-refractivity contribution in [2.24, 2.45) is 5.73 Å². The average Bonchev–Trinajstić information content (AvgIpc) is 3.23. The number of hydrogen-bond acceptors (Lipinski definition) is 6. The number of nitrogens with two attached hydrogens (primary N) is 1. The zero-order chi connectivity index (χ0) is 22.2. The molecule has 3 heterocycles. The largest absolute Gasteiger partial charge is 0.366 e. The van der Waals surface area contributed by atoms with Crippen LogP contribution in [0.1, 0.15) is 34.1 Å². The minimum atomic E-state index is -0.484. The summed E-state index contributed by atoms with van der Waals surface area (Å²) in [7, 11) is 2.11. The minimum absolute atomic E-state index is 0.401. The summed E-state index contributed by atoms with van der Waals surface area (Å²) in [5.41, 5.74) is 10.0. The van der Waals surface area contributed by atoms with Gasteiger partial charge in [0.05, 0.1) is 23.0 Å². The smallest absolute Gasteiger partial charge is 0.253 e. The van der Waals surface area contributed by atoms with E-state index in [1.165, 1.54) is 5.56 Å². The van der Waals surface area contributed by atoms with E-state index < -0.39 is 5.91 Å². The molecular weight excluding hydrogens is 402 g/mol. The highest BCUT2D eigenvalue weighted by atomic mass is 16.1. The molecular formula is C24H25N7O. The van der Waals surface area contributed by atoms with Crippen LogP contribution in [0.15, 0.2) is 54.7 Å². The first kappa shape index (κ1) is 20.1. The van der Waals surface area contributed by atoms with Crippen molar-refractivity contribution in [2.75, 3.05) is 12.4 Å². The van der Waals surface area contributed by atoms with Crippen LogP contribution >= 0.6 is 0 Å². The predicted molar refractivity (Wildman–Crippen MR) is 124 cm³/mol. The number of primary amides is 1. The Kier molecular flexibility index (Phi) is 5.07. The Morgan fingerprint density at radius 2 is 1.97 bits per heavy atom. The monoisotopic (exact) mass is 427 g/mol. The molecule has 0 aliphatic carbocycles. The molecule has 3 N–H and O–H groups in total. The highest BCUT2D eigenvalue weighted by Gasteiger charge is 2.26. The van der Waals surface area contributed by atoms with Gasteiger partial charge in [0, 0.05) is 30.1 Å². The molecule has 0 radical (unpaired) electrons. The number of amides is 1. The van der Waals surface area contributed by atoms with Gasteiger partial charge in [0.2, 0.25) is 5.91 Å². The van der Waals surface area contributed by atoms with Gasteiger partial charge in [-0.25, -0.2) is 4.98 Å². The number of anilines is 1. The molecule has 4 aromatic rings. The summed E-state index contributed by atoms with van der Waals surface area (Å²) in [4.78, 5) is 23.9. The fourth-order valence-corrected chi connectivity index (χ4v) is 4.15. The summed E-state index contributed by atoms with van der Waals surface area (Å²) < 4.78 is 1.67. The molecule has 32 heavy (non-hydrogen) atoms. The predicted octanol–water partition coefficient (Wildman–Crippen LogP) is 2.90. The van der Waals surface area contributed by atoms with Crippen LogP contribution < -0.4 is 11.1 Å². The van der Waals surface area contributed by atoms with Gasteiger partial charge in [-0.3, -0.25) is 9.69 Å². The summed E-state index contributed by atoms with van der Waals surface area (Å²) in [6.45, 7) is 3.61. The fraction of sp³-hybridized carbons (Fsp3) is 0.250. The molecule has 0 saturated heterocycles. The highest BCUT2D eigenvalue weighted by molar-refractivity contribution is 6.05. The van der Waals surface area contributed by atoms with Crippen molar-refractivity contribution in [3.63, 3.8) is 0 Å². The van der Waals surface area contributed by atoms with Crippen molar-refractivity contribution in [3.8, 4) is 5.95 Å². The second-order valence-corrected chi connectivity index (χ2v) is 8.26. The maximum absolute atomic E-state index is 11.8. The van der Waals surface area contributed by atoms with Crippen molar-refractivity contribution in [2.45, 2.75) is 32.5 Å². The number of carbonyl (C=O) groups excluding carboxylic acids is 1. The number of hydrogen-bond donors (Lipinski definition) is 2. The average molecular weight is 428 g/mol. The first-order valence-electron chi connectivity index (χ1n) is 10.7. The number of nitrogens with zero attached hydrogens (tertiary/aromatic N) is 5. The summed E-state index contributed by atoms with van der Waals surface area (Å²) in [5, 5.41) is 8.70. The van der Waals surface area contributed by atoms with Crippen LogP contribution in [-0.4, -0.2) is 43.6 Å². The molecule has 8 nitrogen and oxygen atoms in total. The summed E-state index contributed by atoms with van der Waals surface area (Å²) >= 11 is 0. The van der Waals surface area contributed by atoms with Gasteiger partial charge in [0.15, 0.2) is 0 Å². The van der Waals surface area contributed by atoms with Crippen molar-refractivity contribution in [1.29, 1.82) is 0 Å². The first-order valence-corrected chi connectivity index (χ1v) is 10.7. The van der Waals surface area contributed by atoms with E-state index in [4.69, 9.17) is 15.7 Å². The Labute approximate surface area is 186 Å². The maximum atomic E-state index is 11.8. The van der Waals surface area contributed by atoms with Crippen molar-refractivity contribution < 1.29 is 4.79 Å². The zero-order valence-corrected chi connectivity index (χ0v) is 18.1. The summed E-state index contributed by atoms with van der Waals surface area (Å²) in [6.07, 6.45) is 2.51.